The van der Waals surface area contributed by atoms with Gasteiger partial charge in [0.15, 0.2) is 0 Å². The zero-order valence-electron chi connectivity index (χ0n) is 5.52. The van der Waals surface area contributed by atoms with Crippen molar-refractivity contribution in [1.29, 1.82) is 0 Å². The predicted molar refractivity (Wildman–Crippen MR) is 40.8 cm³/mol. The average Bonchev–Trinajstić information content (AvgIpc) is 1.85. The van der Waals surface area contributed by atoms with Gasteiger partial charge >= 0.3 is 0 Å². The molecule has 0 heterocycles. The molecule has 0 aliphatic carbocycles. The molecule has 54 valence electrons. The molecule has 1 atom stereocenters. The minimum absolute atomic E-state index is 0.162. The van der Waals surface area contributed by atoms with Crippen LogP contribution in [0.4, 0.5) is 0 Å². The highest BCUT2D eigenvalue weighted by atomic mass is 35.5. The smallest absolute Gasteiger partial charge is 0.0431 e. The first-order valence-corrected chi connectivity index (χ1v) is 3.60. The van der Waals surface area contributed by atoms with E-state index in [0.717, 1.165) is 19.3 Å². The summed E-state index contributed by atoms with van der Waals surface area (Å²) in [5, 5.41) is 8.56. The van der Waals surface area contributed by atoms with Gasteiger partial charge in [0.25, 0.3) is 0 Å². The Morgan fingerprint density at radius 1 is 1.67 bits per heavy atom. The van der Waals surface area contributed by atoms with Crippen LogP contribution in [0.25, 0.3) is 0 Å². The van der Waals surface area contributed by atoms with Gasteiger partial charge in [0.05, 0.1) is 0 Å². The maximum absolute atomic E-state index is 8.40. The summed E-state index contributed by atoms with van der Waals surface area (Å²) >= 11 is 5.78. The van der Waals surface area contributed by atoms with Gasteiger partial charge in [-0.1, -0.05) is 6.08 Å². The largest absolute Gasteiger partial charge is 0.396 e. The molecule has 1 nitrogen and oxygen atoms in total. The molecular weight excluding hydrogens is 136 g/mol. The second-order valence-corrected chi connectivity index (χ2v) is 2.60. The third-order valence-corrected chi connectivity index (χ3v) is 1.49. The van der Waals surface area contributed by atoms with Crippen molar-refractivity contribution in [3.63, 3.8) is 0 Å². The highest BCUT2D eigenvalue weighted by Gasteiger charge is 1.99. The topological polar surface area (TPSA) is 20.2 Å². The summed E-state index contributed by atoms with van der Waals surface area (Å²) in [6, 6.07) is 0. The molecule has 1 unspecified atom stereocenters. The molecule has 0 rings (SSSR count). The summed E-state index contributed by atoms with van der Waals surface area (Å²) in [5.41, 5.74) is 0. The van der Waals surface area contributed by atoms with Crippen LogP contribution in [0.3, 0.4) is 0 Å². The molecule has 0 saturated heterocycles. The molecule has 0 bridgehead atoms. The van der Waals surface area contributed by atoms with Crippen LogP contribution < -0.4 is 0 Å². The fraction of sp³-hybridized carbons (Fsp3) is 0.714. The molecule has 0 fully saturated rings. The molecule has 0 aromatic heterocycles. The Hall–Kier alpha value is -0.0100. The fourth-order valence-corrected chi connectivity index (χ4v) is 0.892. The average molecular weight is 149 g/mol. The van der Waals surface area contributed by atoms with Crippen molar-refractivity contribution in [1.82, 2.24) is 0 Å². The maximum atomic E-state index is 8.40. The van der Waals surface area contributed by atoms with Crippen LogP contribution in [-0.4, -0.2) is 17.1 Å². The van der Waals surface area contributed by atoms with E-state index in [1.54, 1.807) is 6.08 Å². The lowest BCUT2D eigenvalue weighted by Gasteiger charge is -2.02. The number of aliphatic hydroxyl groups excluding tert-OH is 1. The van der Waals surface area contributed by atoms with Crippen molar-refractivity contribution in [2.75, 3.05) is 6.61 Å². The van der Waals surface area contributed by atoms with Crippen LogP contribution in [0.2, 0.25) is 0 Å². The second-order valence-electron chi connectivity index (χ2n) is 1.99. The van der Waals surface area contributed by atoms with Gasteiger partial charge in [0, 0.05) is 12.0 Å². The van der Waals surface area contributed by atoms with Crippen molar-refractivity contribution in [2.45, 2.75) is 24.6 Å². The molecule has 9 heavy (non-hydrogen) atoms. The molecule has 0 radical (unpaired) electrons. The lowest BCUT2D eigenvalue weighted by Crippen LogP contribution is -1.97. The van der Waals surface area contributed by atoms with Crippen LogP contribution in [0.5, 0.6) is 0 Å². The normalized spacial score (nSPS) is 13.1. The fourth-order valence-electron chi connectivity index (χ4n) is 0.611. The number of alkyl halides is 1. The van der Waals surface area contributed by atoms with Gasteiger partial charge in [-0.3, -0.25) is 0 Å². The van der Waals surface area contributed by atoms with Gasteiger partial charge in [0.1, 0.15) is 0 Å². The zero-order valence-corrected chi connectivity index (χ0v) is 6.27. The van der Waals surface area contributed by atoms with E-state index in [4.69, 9.17) is 16.7 Å². The van der Waals surface area contributed by atoms with E-state index in [-0.39, 0.29) is 12.0 Å². The summed E-state index contributed by atoms with van der Waals surface area (Å²) in [6.45, 7) is 3.80. The number of hydrogen-bond acceptors (Lipinski definition) is 1. The van der Waals surface area contributed by atoms with Gasteiger partial charge in [-0.05, 0) is 19.3 Å². The van der Waals surface area contributed by atoms with Crippen molar-refractivity contribution in [3.05, 3.63) is 12.7 Å². The summed E-state index contributed by atoms with van der Waals surface area (Å²) in [4.78, 5) is 0. The molecule has 0 amide bonds. The first kappa shape index (κ1) is 8.99. The van der Waals surface area contributed by atoms with Crippen LogP contribution in [-0.2, 0) is 0 Å². The Morgan fingerprint density at radius 2 is 2.33 bits per heavy atom. The highest BCUT2D eigenvalue weighted by molar-refractivity contribution is 6.20. The Balaban J connectivity index is 3.04. The monoisotopic (exact) mass is 148 g/mol. The first-order chi connectivity index (χ1) is 4.31. The molecular formula is C7H13ClO. The van der Waals surface area contributed by atoms with Crippen molar-refractivity contribution in [2.24, 2.45) is 0 Å². The molecule has 0 aliphatic heterocycles. The highest BCUT2D eigenvalue weighted by Crippen LogP contribution is 2.08. The van der Waals surface area contributed by atoms with Gasteiger partial charge in [-0.2, -0.15) is 0 Å². The molecule has 1 N–H and O–H groups in total. The van der Waals surface area contributed by atoms with E-state index in [0.29, 0.717) is 0 Å². The first-order valence-electron chi connectivity index (χ1n) is 3.17. The van der Waals surface area contributed by atoms with Crippen molar-refractivity contribution < 1.29 is 5.11 Å². The lowest BCUT2D eigenvalue weighted by atomic mass is 10.2. The number of allylic oxidation sites excluding steroid dienone is 1. The van der Waals surface area contributed by atoms with Gasteiger partial charge in [-0.15, -0.1) is 18.2 Å². The maximum Gasteiger partial charge on any atom is 0.0431 e. The molecule has 0 aliphatic rings. The third kappa shape index (κ3) is 5.87. The minimum atomic E-state index is 0.162. The summed E-state index contributed by atoms with van der Waals surface area (Å²) in [7, 11) is 0. The van der Waals surface area contributed by atoms with Gasteiger partial charge < -0.3 is 5.11 Å². The van der Waals surface area contributed by atoms with Crippen LogP contribution in [0.1, 0.15) is 19.3 Å². The van der Waals surface area contributed by atoms with Crippen molar-refractivity contribution >= 4 is 11.6 Å². The Bertz CT molecular complexity index is 73.3. The van der Waals surface area contributed by atoms with E-state index in [1.807, 2.05) is 0 Å². The SMILES string of the molecule is C=CCC(Cl)CCCO. The van der Waals surface area contributed by atoms with E-state index in [2.05, 4.69) is 6.58 Å². The Labute approximate surface area is 61.3 Å². The van der Waals surface area contributed by atoms with E-state index < -0.39 is 0 Å². The van der Waals surface area contributed by atoms with Crippen LogP contribution in [0, 0.1) is 0 Å². The van der Waals surface area contributed by atoms with Gasteiger partial charge in [0.2, 0.25) is 0 Å². The minimum Gasteiger partial charge on any atom is -0.396 e. The molecule has 0 spiro atoms. The predicted octanol–water partition coefficient (Wildman–Crippen LogP) is 1.94. The number of aliphatic hydroxyl groups is 1. The van der Waals surface area contributed by atoms with Crippen molar-refractivity contribution in [3.8, 4) is 0 Å². The summed E-state index contributed by atoms with van der Waals surface area (Å²) in [5.74, 6) is 0. The standard InChI is InChI=1S/C7H13ClO/c1-2-4-7(8)5-3-6-9/h2,7,9H,1,3-6H2. The third-order valence-electron chi connectivity index (χ3n) is 1.10. The molecule has 0 aromatic rings. The number of hydrogen-bond donors (Lipinski definition) is 1. The quantitative estimate of drug-likeness (QED) is 0.467. The van der Waals surface area contributed by atoms with E-state index in [1.165, 1.54) is 0 Å². The summed E-state index contributed by atoms with van der Waals surface area (Å²) < 4.78 is 0. The second kappa shape index (κ2) is 6.12. The molecule has 0 aromatic carbocycles. The lowest BCUT2D eigenvalue weighted by molar-refractivity contribution is 0.284. The summed E-state index contributed by atoms with van der Waals surface area (Å²) in [6.07, 6.45) is 4.31. The Kier molecular flexibility index (Phi) is 6.11. The Morgan fingerprint density at radius 3 is 2.78 bits per heavy atom. The zero-order chi connectivity index (χ0) is 7.11. The molecule has 2 heteroatoms. The van der Waals surface area contributed by atoms with E-state index >= 15 is 0 Å². The van der Waals surface area contributed by atoms with Gasteiger partial charge in [-0.25, -0.2) is 0 Å². The van der Waals surface area contributed by atoms with Crippen LogP contribution >= 0.6 is 11.6 Å². The molecule has 0 saturated carbocycles. The number of halogens is 1. The van der Waals surface area contributed by atoms with E-state index in [9.17, 15) is 0 Å². The number of rotatable bonds is 5. The van der Waals surface area contributed by atoms with Crippen LogP contribution in [0.15, 0.2) is 12.7 Å².